The van der Waals surface area contributed by atoms with Crippen molar-refractivity contribution < 1.29 is 0 Å². The van der Waals surface area contributed by atoms with E-state index in [1.807, 2.05) is 13.2 Å². The lowest BCUT2D eigenvalue weighted by molar-refractivity contribution is 0.172. The summed E-state index contributed by atoms with van der Waals surface area (Å²) in [7, 11) is 1.88. The SMILES string of the molecule is CN=C(NCc1ccnc(N2CCCC2)c1)N1CCN(Cc2ccccc2)CC1.I. The third-order valence-electron chi connectivity index (χ3n) is 5.82. The third kappa shape index (κ3) is 6.07. The number of nitrogens with zero attached hydrogens (tertiary/aromatic N) is 5. The fourth-order valence-electron chi connectivity index (χ4n) is 4.16. The first-order valence-corrected chi connectivity index (χ1v) is 10.7. The number of benzene rings is 1. The Labute approximate surface area is 197 Å². The van der Waals surface area contributed by atoms with E-state index in [4.69, 9.17) is 0 Å². The highest BCUT2D eigenvalue weighted by molar-refractivity contribution is 14.0. The molecule has 4 rings (SSSR count). The van der Waals surface area contributed by atoms with E-state index in [1.54, 1.807) is 0 Å². The number of aromatic nitrogens is 1. The van der Waals surface area contributed by atoms with Gasteiger partial charge in [-0.2, -0.15) is 0 Å². The van der Waals surface area contributed by atoms with Gasteiger partial charge in [0.2, 0.25) is 0 Å². The summed E-state index contributed by atoms with van der Waals surface area (Å²) in [5, 5.41) is 3.55. The van der Waals surface area contributed by atoms with Crippen LogP contribution in [0.2, 0.25) is 0 Å². The summed E-state index contributed by atoms with van der Waals surface area (Å²) in [6, 6.07) is 15.0. The minimum Gasteiger partial charge on any atom is -0.357 e. The van der Waals surface area contributed by atoms with Crippen molar-refractivity contribution in [2.24, 2.45) is 4.99 Å². The summed E-state index contributed by atoms with van der Waals surface area (Å²) in [6.45, 7) is 8.17. The van der Waals surface area contributed by atoms with Crippen LogP contribution in [0.3, 0.4) is 0 Å². The molecule has 0 atom stereocenters. The summed E-state index contributed by atoms with van der Waals surface area (Å²) in [5.41, 5.74) is 2.64. The minimum absolute atomic E-state index is 0. The molecular formula is C23H33IN6. The minimum atomic E-state index is 0. The lowest BCUT2D eigenvalue weighted by atomic mass is 10.2. The first-order chi connectivity index (χ1) is 14.3. The van der Waals surface area contributed by atoms with Crippen LogP contribution >= 0.6 is 24.0 Å². The summed E-state index contributed by atoms with van der Waals surface area (Å²) in [6.07, 6.45) is 4.47. The quantitative estimate of drug-likeness (QED) is 0.373. The average molecular weight is 520 g/mol. The molecule has 0 aliphatic carbocycles. The van der Waals surface area contributed by atoms with Crippen LogP contribution in [0.15, 0.2) is 53.7 Å². The third-order valence-corrected chi connectivity index (χ3v) is 5.82. The van der Waals surface area contributed by atoms with Crippen LogP contribution in [0.25, 0.3) is 0 Å². The first kappa shape index (κ1) is 22.8. The van der Waals surface area contributed by atoms with E-state index >= 15 is 0 Å². The van der Waals surface area contributed by atoms with Gasteiger partial charge in [0.1, 0.15) is 5.82 Å². The zero-order valence-electron chi connectivity index (χ0n) is 17.8. The van der Waals surface area contributed by atoms with Gasteiger partial charge in [-0.15, -0.1) is 24.0 Å². The van der Waals surface area contributed by atoms with Gasteiger partial charge in [0, 0.05) is 65.6 Å². The Hall–Kier alpha value is -1.87. The van der Waals surface area contributed by atoms with Crippen molar-refractivity contribution in [3.63, 3.8) is 0 Å². The highest BCUT2D eigenvalue weighted by Gasteiger charge is 2.20. The molecule has 3 heterocycles. The molecule has 0 spiro atoms. The van der Waals surface area contributed by atoms with Gasteiger partial charge in [-0.3, -0.25) is 9.89 Å². The molecule has 2 fully saturated rings. The first-order valence-electron chi connectivity index (χ1n) is 10.7. The number of pyridine rings is 1. The molecular weight excluding hydrogens is 487 g/mol. The Bertz CT molecular complexity index is 798. The molecule has 0 unspecified atom stereocenters. The smallest absolute Gasteiger partial charge is 0.194 e. The largest absolute Gasteiger partial charge is 0.357 e. The standard InChI is InChI=1S/C23H32N6.HI/c1-24-23(26-18-21-9-10-25-22(17-21)28-11-5-6-12-28)29-15-13-27(14-16-29)19-20-7-3-2-4-8-20;/h2-4,7-10,17H,5-6,11-16,18-19H2,1H3,(H,24,26);1H. The Morgan fingerprint density at radius 3 is 2.40 bits per heavy atom. The predicted molar refractivity (Wildman–Crippen MR) is 135 cm³/mol. The Morgan fingerprint density at radius 2 is 1.70 bits per heavy atom. The summed E-state index contributed by atoms with van der Waals surface area (Å²) >= 11 is 0. The van der Waals surface area contributed by atoms with Crippen LogP contribution in [0.1, 0.15) is 24.0 Å². The molecule has 30 heavy (non-hydrogen) atoms. The van der Waals surface area contributed by atoms with E-state index < -0.39 is 0 Å². The molecule has 0 amide bonds. The molecule has 2 aromatic rings. The molecule has 7 heteroatoms. The number of nitrogens with one attached hydrogen (secondary N) is 1. The molecule has 2 aliphatic rings. The Balaban J connectivity index is 0.00000256. The maximum Gasteiger partial charge on any atom is 0.194 e. The fourth-order valence-corrected chi connectivity index (χ4v) is 4.16. The highest BCUT2D eigenvalue weighted by atomic mass is 127. The zero-order chi connectivity index (χ0) is 19.9. The second-order valence-electron chi connectivity index (χ2n) is 7.87. The number of halogens is 1. The summed E-state index contributed by atoms with van der Waals surface area (Å²) in [5.74, 6) is 2.09. The average Bonchev–Trinajstić information content (AvgIpc) is 3.31. The van der Waals surface area contributed by atoms with Crippen LogP contribution in [-0.4, -0.2) is 67.1 Å². The van der Waals surface area contributed by atoms with Crippen LogP contribution in [0.5, 0.6) is 0 Å². The molecule has 6 nitrogen and oxygen atoms in total. The van der Waals surface area contributed by atoms with Gasteiger partial charge in [-0.05, 0) is 36.1 Å². The number of rotatable bonds is 5. The van der Waals surface area contributed by atoms with E-state index in [9.17, 15) is 0 Å². The highest BCUT2D eigenvalue weighted by Crippen LogP contribution is 2.18. The predicted octanol–water partition coefficient (Wildman–Crippen LogP) is 3.19. The van der Waals surface area contributed by atoms with Gasteiger partial charge in [-0.25, -0.2) is 4.98 Å². The van der Waals surface area contributed by atoms with Crippen molar-refractivity contribution in [3.8, 4) is 0 Å². The molecule has 0 saturated carbocycles. The van der Waals surface area contributed by atoms with Crippen LogP contribution in [0, 0.1) is 0 Å². The Morgan fingerprint density at radius 1 is 0.967 bits per heavy atom. The fraction of sp³-hybridized carbons (Fsp3) is 0.478. The second kappa shape index (κ2) is 11.5. The van der Waals surface area contributed by atoms with E-state index in [0.29, 0.717) is 0 Å². The monoisotopic (exact) mass is 520 g/mol. The van der Waals surface area contributed by atoms with Crippen LogP contribution in [0.4, 0.5) is 5.82 Å². The number of hydrogen-bond donors (Lipinski definition) is 1. The topological polar surface area (TPSA) is 47.0 Å². The van der Waals surface area contributed by atoms with Gasteiger partial charge in [0.15, 0.2) is 5.96 Å². The molecule has 2 saturated heterocycles. The van der Waals surface area contributed by atoms with E-state index in [2.05, 4.69) is 72.5 Å². The molecule has 0 radical (unpaired) electrons. The molecule has 0 bridgehead atoms. The van der Waals surface area contributed by atoms with E-state index in [0.717, 1.165) is 64.1 Å². The van der Waals surface area contributed by atoms with Crippen molar-refractivity contribution in [2.75, 3.05) is 51.2 Å². The number of hydrogen-bond acceptors (Lipinski definition) is 4. The molecule has 1 aromatic heterocycles. The lowest BCUT2D eigenvalue weighted by Crippen LogP contribution is -2.52. The van der Waals surface area contributed by atoms with Gasteiger partial charge in [0.05, 0.1) is 0 Å². The van der Waals surface area contributed by atoms with Crippen LogP contribution in [-0.2, 0) is 13.1 Å². The maximum absolute atomic E-state index is 4.55. The van der Waals surface area contributed by atoms with Crippen molar-refractivity contribution in [2.45, 2.75) is 25.9 Å². The van der Waals surface area contributed by atoms with Crippen molar-refractivity contribution >= 4 is 35.8 Å². The van der Waals surface area contributed by atoms with Crippen LogP contribution < -0.4 is 10.2 Å². The van der Waals surface area contributed by atoms with Gasteiger partial charge < -0.3 is 15.1 Å². The molecule has 1 aromatic carbocycles. The normalized spacial score (nSPS) is 17.7. The van der Waals surface area contributed by atoms with Gasteiger partial charge in [-0.1, -0.05) is 30.3 Å². The molecule has 162 valence electrons. The van der Waals surface area contributed by atoms with E-state index in [-0.39, 0.29) is 24.0 Å². The summed E-state index contributed by atoms with van der Waals surface area (Å²) < 4.78 is 0. The zero-order valence-corrected chi connectivity index (χ0v) is 20.2. The molecule has 1 N–H and O–H groups in total. The van der Waals surface area contributed by atoms with Crippen molar-refractivity contribution in [3.05, 3.63) is 59.8 Å². The summed E-state index contributed by atoms with van der Waals surface area (Å²) in [4.78, 5) is 16.3. The van der Waals surface area contributed by atoms with Gasteiger partial charge >= 0.3 is 0 Å². The lowest BCUT2D eigenvalue weighted by Gasteiger charge is -2.36. The number of aliphatic imine (C=N–C) groups is 1. The molecule has 2 aliphatic heterocycles. The Kier molecular flexibility index (Phi) is 8.74. The number of anilines is 1. The van der Waals surface area contributed by atoms with E-state index in [1.165, 1.54) is 24.0 Å². The number of piperazine rings is 1. The maximum atomic E-state index is 4.55. The number of guanidine groups is 1. The second-order valence-corrected chi connectivity index (χ2v) is 7.87. The van der Waals surface area contributed by atoms with Gasteiger partial charge in [0.25, 0.3) is 0 Å². The van der Waals surface area contributed by atoms with Crippen molar-refractivity contribution in [1.29, 1.82) is 0 Å². The van der Waals surface area contributed by atoms with Crippen molar-refractivity contribution in [1.82, 2.24) is 20.1 Å².